The first-order chi connectivity index (χ1) is 6.47. The van der Waals surface area contributed by atoms with Gasteiger partial charge in [-0.2, -0.15) is 0 Å². The van der Waals surface area contributed by atoms with Gasteiger partial charge in [-0.05, 0) is 24.3 Å². The maximum Gasteiger partial charge on any atom is 0.143 e. The Balaban J connectivity index is 2.10. The number of amidine groups is 1. The minimum Gasteiger partial charge on any atom is -0.409 e. The maximum absolute atomic E-state index is 8.44. The molecule has 0 amide bonds. The van der Waals surface area contributed by atoms with Crippen LogP contribution in [-0.4, -0.2) is 24.1 Å². The molecule has 0 spiro atoms. The highest BCUT2D eigenvalue weighted by Crippen LogP contribution is 2.50. The van der Waals surface area contributed by atoms with E-state index in [2.05, 4.69) is 24.3 Å². The highest BCUT2D eigenvalue weighted by Gasteiger charge is 2.44. The van der Waals surface area contributed by atoms with Crippen LogP contribution in [0.4, 0.5) is 0 Å². The Morgan fingerprint density at radius 2 is 2.29 bits per heavy atom. The number of nitrogens with zero attached hydrogens (tertiary/aromatic N) is 1. The van der Waals surface area contributed by atoms with E-state index in [1.165, 1.54) is 6.42 Å². The smallest absolute Gasteiger partial charge is 0.143 e. The molecular weight excluding hydrogens is 178 g/mol. The van der Waals surface area contributed by atoms with Crippen molar-refractivity contribution in [3.05, 3.63) is 0 Å². The molecule has 0 aromatic rings. The summed E-state index contributed by atoms with van der Waals surface area (Å²) in [5.41, 5.74) is 5.98. The molecule has 0 aliphatic heterocycles. The summed E-state index contributed by atoms with van der Waals surface area (Å²) in [6, 6.07) is 0. The van der Waals surface area contributed by atoms with Gasteiger partial charge >= 0.3 is 0 Å². The Hall–Kier alpha value is -0.770. The molecule has 4 nitrogen and oxygen atoms in total. The van der Waals surface area contributed by atoms with Gasteiger partial charge in [-0.3, -0.25) is 0 Å². The molecule has 1 aliphatic rings. The van der Waals surface area contributed by atoms with Crippen LogP contribution in [0, 0.1) is 17.3 Å². The van der Waals surface area contributed by atoms with Gasteiger partial charge in [0.2, 0.25) is 0 Å². The lowest BCUT2D eigenvalue weighted by Gasteiger charge is -2.11. The quantitative estimate of drug-likeness (QED) is 0.268. The molecular formula is C10H21N3O. The first-order valence-corrected chi connectivity index (χ1v) is 5.15. The number of hydrogen-bond donors (Lipinski definition) is 3. The van der Waals surface area contributed by atoms with Crippen molar-refractivity contribution < 1.29 is 5.21 Å². The van der Waals surface area contributed by atoms with Crippen molar-refractivity contribution in [2.24, 2.45) is 28.1 Å². The average Bonchev–Trinajstić information content (AvgIpc) is 2.72. The SMILES string of the molecule is CC(CNCC1CC1(C)C)C(N)=NO. The summed E-state index contributed by atoms with van der Waals surface area (Å²) in [7, 11) is 0. The molecule has 14 heavy (non-hydrogen) atoms. The fraction of sp³-hybridized carbons (Fsp3) is 0.900. The normalized spacial score (nSPS) is 27.4. The summed E-state index contributed by atoms with van der Waals surface area (Å²) in [6.45, 7) is 8.33. The zero-order valence-electron chi connectivity index (χ0n) is 9.25. The second-order valence-corrected chi connectivity index (χ2v) is 4.97. The van der Waals surface area contributed by atoms with E-state index in [9.17, 15) is 0 Å². The van der Waals surface area contributed by atoms with E-state index in [4.69, 9.17) is 10.9 Å². The lowest BCUT2D eigenvalue weighted by Crippen LogP contribution is -2.32. The van der Waals surface area contributed by atoms with Crippen molar-refractivity contribution in [1.82, 2.24) is 5.32 Å². The van der Waals surface area contributed by atoms with E-state index in [0.717, 1.165) is 19.0 Å². The molecule has 2 unspecified atom stereocenters. The Morgan fingerprint density at radius 1 is 1.71 bits per heavy atom. The molecule has 82 valence electrons. The predicted octanol–water partition coefficient (Wildman–Crippen LogP) is 1.00. The second kappa shape index (κ2) is 4.17. The Labute approximate surface area is 85.6 Å². The molecule has 1 aliphatic carbocycles. The number of nitrogens with one attached hydrogen (secondary N) is 1. The van der Waals surface area contributed by atoms with Crippen LogP contribution in [-0.2, 0) is 0 Å². The fourth-order valence-corrected chi connectivity index (χ4v) is 1.60. The summed E-state index contributed by atoms with van der Waals surface area (Å²) < 4.78 is 0. The Morgan fingerprint density at radius 3 is 2.71 bits per heavy atom. The first-order valence-electron chi connectivity index (χ1n) is 5.15. The van der Waals surface area contributed by atoms with Gasteiger partial charge in [-0.1, -0.05) is 25.9 Å². The van der Waals surface area contributed by atoms with Crippen molar-refractivity contribution in [3.63, 3.8) is 0 Å². The summed E-state index contributed by atoms with van der Waals surface area (Å²) in [4.78, 5) is 0. The van der Waals surface area contributed by atoms with Gasteiger partial charge in [0.1, 0.15) is 5.84 Å². The second-order valence-electron chi connectivity index (χ2n) is 4.97. The third kappa shape index (κ3) is 2.87. The van der Waals surface area contributed by atoms with Crippen LogP contribution in [0.1, 0.15) is 27.2 Å². The zero-order valence-corrected chi connectivity index (χ0v) is 9.25. The predicted molar refractivity (Wildman–Crippen MR) is 57.3 cm³/mol. The van der Waals surface area contributed by atoms with Crippen LogP contribution in [0.2, 0.25) is 0 Å². The Bertz CT molecular complexity index is 225. The van der Waals surface area contributed by atoms with Gasteiger partial charge in [-0.25, -0.2) is 0 Å². The lowest BCUT2D eigenvalue weighted by atomic mass is 10.1. The molecule has 4 N–H and O–H groups in total. The van der Waals surface area contributed by atoms with Crippen molar-refractivity contribution in [2.45, 2.75) is 27.2 Å². The van der Waals surface area contributed by atoms with Gasteiger partial charge in [0.25, 0.3) is 0 Å². The van der Waals surface area contributed by atoms with E-state index < -0.39 is 0 Å². The molecule has 1 fully saturated rings. The van der Waals surface area contributed by atoms with Crippen molar-refractivity contribution >= 4 is 5.84 Å². The zero-order chi connectivity index (χ0) is 10.8. The van der Waals surface area contributed by atoms with Gasteiger partial charge in [0, 0.05) is 12.5 Å². The van der Waals surface area contributed by atoms with E-state index in [0.29, 0.717) is 11.3 Å². The number of nitrogens with two attached hydrogens (primary N) is 1. The number of oxime groups is 1. The van der Waals surface area contributed by atoms with Crippen molar-refractivity contribution in [2.75, 3.05) is 13.1 Å². The molecule has 0 bridgehead atoms. The van der Waals surface area contributed by atoms with Crippen LogP contribution >= 0.6 is 0 Å². The largest absolute Gasteiger partial charge is 0.409 e. The highest BCUT2D eigenvalue weighted by atomic mass is 16.4. The standard InChI is InChI=1S/C10H21N3O/c1-7(9(11)13-14)5-12-6-8-4-10(8,2)3/h7-8,12,14H,4-6H2,1-3H3,(H2,11,13). The van der Waals surface area contributed by atoms with E-state index in [-0.39, 0.29) is 5.92 Å². The molecule has 0 aromatic carbocycles. The van der Waals surface area contributed by atoms with Crippen LogP contribution in [0.25, 0.3) is 0 Å². The van der Waals surface area contributed by atoms with Crippen LogP contribution in [0.3, 0.4) is 0 Å². The fourth-order valence-electron chi connectivity index (χ4n) is 1.60. The molecule has 4 heteroatoms. The van der Waals surface area contributed by atoms with Crippen molar-refractivity contribution in [1.29, 1.82) is 0 Å². The molecule has 0 radical (unpaired) electrons. The monoisotopic (exact) mass is 199 g/mol. The molecule has 0 heterocycles. The topological polar surface area (TPSA) is 70.6 Å². The van der Waals surface area contributed by atoms with Gasteiger partial charge in [-0.15, -0.1) is 0 Å². The highest BCUT2D eigenvalue weighted by molar-refractivity contribution is 5.82. The van der Waals surface area contributed by atoms with Crippen molar-refractivity contribution in [3.8, 4) is 0 Å². The van der Waals surface area contributed by atoms with Crippen LogP contribution < -0.4 is 11.1 Å². The number of rotatable bonds is 5. The molecule has 0 saturated heterocycles. The van der Waals surface area contributed by atoms with E-state index >= 15 is 0 Å². The van der Waals surface area contributed by atoms with E-state index in [1.54, 1.807) is 0 Å². The van der Waals surface area contributed by atoms with Gasteiger partial charge in [0.05, 0.1) is 0 Å². The average molecular weight is 199 g/mol. The van der Waals surface area contributed by atoms with E-state index in [1.807, 2.05) is 6.92 Å². The maximum atomic E-state index is 8.44. The Kier molecular flexibility index (Phi) is 3.37. The third-order valence-electron chi connectivity index (χ3n) is 3.18. The molecule has 0 aromatic heterocycles. The lowest BCUT2D eigenvalue weighted by molar-refractivity contribution is 0.314. The molecule has 2 atom stereocenters. The third-order valence-corrected chi connectivity index (χ3v) is 3.18. The molecule has 1 rings (SSSR count). The summed E-state index contributed by atoms with van der Waals surface area (Å²) in [6.07, 6.45) is 1.30. The minimum absolute atomic E-state index is 0.0989. The molecule has 1 saturated carbocycles. The minimum atomic E-state index is 0.0989. The summed E-state index contributed by atoms with van der Waals surface area (Å²) in [5.74, 6) is 1.19. The van der Waals surface area contributed by atoms with Gasteiger partial charge < -0.3 is 16.3 Å². The van der Waals surface area contributed by atoms with Crippen LogP contribution in [0.15, 0.2) is 5.16 Å². The summed E-state index contributed by atoms with van der Waals surface area (Å²) >= 11 is 0. The van der Waals surface area contributed by atoms with Gasteiger partial charge in [0.15, 0.2) is 0 Å². The van der Waals surface area contributed by atoms with Crippen LogP contribution in [0.5, 0.6) is 0 Å². The first kappa shape index (κ1) is 11.3. The summed E-state index contributed by atoms with van der Waals surface area (Å²) in [5, 5.41) is 14.8. The number of hydrogen-bond acceptors (Lipinski definition) is 3.